The molecule has 0 fully saturated rings. The number of carboxylic acid groups (broad SMARTS) is 1. The number of carboxylic acids is 1. The summed E-state index contributed by atoms with van der Waals surface area (Å²) in [5, 5.41) is 14.1. The first-order valence-corrected chi connectivity index (χ1v) is 7.51. The Kier molecular flexibility index (Phi) is 7.41. The van der Waals surface area contributed by atoms with Crippen molar-refractivity contribution in [1.29, 1.82) is 0 Å². The van der Waals surface area contributed by atoms with Gasteiger partial charge in [0.2, 0.25) is 11.8 Å². The number of benzene rings is 1. The van der Waals surface area contributed by atoms with Gasteiger partial charge in [0.05, 0.1) is 0 Å². The third-order valence-electron chi connectivity index (χ3n) is 3.31. The number of hydrogen-bond acceptors (Lipinski definition) is 4. The van der Waals surface area contributed by atoms with E-state index in [1.807, 2.05) is 0 Å². The molecule has 0 saturated carbocycles. The van der Waals surface area contributed by atoms with Crippen LogP contribution in [0.2, 0.25) is 0 Å². The molecule has 0 aliphatic carbocycles. The summed E-state index contributed by atoms with van der Waals surface area (Å²) >= 11 is 0. The van der Waals surface area contributed by atoms with Crippen LogP contribution in [0.4, 0.5) is 0 Å². The van der Waals surface area contributed by atoms with Gasteiger partial charge in [-0.05, 0) is 24.1 Å². The lowest BCUT2D eigenvalue weighted by molar-refractivity contribution is -0.139. The van der Waals surface area contributed by atoms with Gasteiger partial charge in [0.25, 0.3) is 5.91 Å². The Balaban J connectivity index is 2.64. The number of carbonyl (C=O) groups excluding carboxylic acids is 3. The number of carbonyl (C=O) groups is 4. The van der Waals surface area contributed by atoms with Crippen LogP contribution in [0, 0.1) is 0 Å². The summed E-state index contributed by atoms with van der Waals surface area (Å²) in [5.41, 5.74) is 6.08. The predicted octanol–water partition coefficient (Wildman–Crippen LogP) is 0.161. The van der Waals surface area contributed by atoms with Crippen LogP contribution in [0.25, 0.3) is 0 Å². The van der Waals surface area contributed by atoms with Gasteiger partial charge in [0, 0.05) is 24.9 Å². The van der Waals surface area contributed by atoms with E-state index < -0.39 is 23.8 Å². The minimum Gasteiger partial charge on any atom is -0.480 e. The maximum Gasteiger partial charge on any atom is 0.326 e. The van der Waals surface area contributed by atoms with Gasteiger partial charge in [0.1, 0.15) is 6.04 Å². The molecular weight excluding hydrogens is 314 g/mol. The van der Waals surface area contributed by atoms with E-state index >= 15 is 0 Å². The van der Waals surface area contributed by atoms with Crippen molar-refractivity contribution in [2.75, 3.05) is 0 Å². The molecule has 0 spiro atoms. The SMILES string of the molecule is CCC(=O)NCc1ccc(C(=O)NC(CCC(N)=O)C(=O)O)cc1. The van der Waals surface area contributed by atoms with Crippen LogP contribution in [-0.4, -0.2) is 34.8 Å². The normalized spacial score (nSPS) is 11.4. The van der Waals surface area contributed by atoms with E-state index in [4.69, 9.17) is 10.8 Å². The topological polar surface area (TPSA) is 139 Å². The zero-order chi connectivity index (χ0) is 18.1. The summed E-state index contributed by atoms with van der Waals surface area (Å²) in [7, 11) is 0. The summed E-state index contributed by atoms with van der Waals surface area (Å²) in [6, 6.07) is 5.23. The third kappa shape index (κ3) is 6.47. The third-order valence-corrected chi connectivity index (χ3v) is 3.31. The van der Waals surface area contributed by atoms with Gasteiger partial charge in [-0.2, -0.15) is 0 Å². The summed E-state index contributed by atoms with van der Waals surface area (Å²) < 4.78 is 0. The van der Waals surface area contributed by atoms with Gasteiger partial charge >= 0.3 is 5.97 Å². The highest BCUT2D eigenvalue weighted by Crippen LogP contribution is 2.06. The van der Waals surface area contributed by atoms with Crippen LogP contribution in [0.5, 0.6) is 0 Å². The molecule has 3 amide bonds. The van der Waals surface area contributed by atoms with Crippen LogP contribution < -0.4 is 16.4 Å². The van der Waals surface area contributed by atoms with Gasteiger partial charge in [-0.15, -0.1) is 0 Å². The first-order chi connectivity index (χ1) is 11.3. The second kappa shape index (κ2) is 9.29. The molecule has 0 radical (unpaired) electrons. The summed E-state index contributed by atoms with van der Waals surface area (Å²) in [6.07, 6.45) is 0.188. The number of amides is 3. The zero-order valence-electron chi connectivity index (χ0n) is 13.4. The summed E-state index contributed by atoms with van der Waals surface area (Å²) in [6.45, 7) is 2.10. The van der Waals surface area contributed by atoms with Crippen molar-refractivity contribution in [3.8, 4) is 0 Å². The van der Waals surface area contributed by atoms with E-state index in [9.17, 15) is 19.2 Å². The fourth-order valence-corrected chi connectivity index (χ4v) is 1.89. The van der Waals surface area contributed by atoms with Gasteiger partial charge in [0.15, 0.2) is 0 Å². The van der Waals surface area contributed by atoms with Crippen LogP contribution in [-0.2, 0) is 20.9 Å². The highest BCUT2D eigenvalue weighted by molar-refractivity contribution is 5.96. The molecule has 0 bridgehead atoms. The number of nitrogens with two attached hydrogens (primary N) is 1. The van der Waals surface area contributed by atoms with E-state index in [1.54, 1.807) is 19.1 Å². The van der Waals surface area contributed by atoms with Gasteiger partial charge in [-0.3, -0.25) is 14.4 Å². The van der Waals surface area contributed by atoms with E-state index in [-0.39, 0.29) is 24.3 Å². The molecular formula is C16H21N3O5. The smallest absolute Gasteiger partial charge is 0.326 e. The lowest BCUT2D eigenvalue weighted by Crippen LogP contribution is -2.41. The number of primary amides is 1. The zero-order valence-corrected chi connectivity index (χ0v) is 13.4. The Bertz CT molecular complexity index is 613. The van der Waals surface area contributed by atoms with Crippen LogP contribution >= 0.6 is 0 Å². The van der Waals surface area contributed by atoms with Crippen molar-refractivity contribution < 1.29 is 24.3 Å². The van der Waals surface area contributed by atoms with Crippen molar-refractivity contribution in [3.63, 3.8) is 0 Å². The standard InChI is InChI=1S/C16H21N3O5/c1-2-14(21)18-9-10-3-5-11(6-4-10)15(22)19-12(16(23)24)7-8-13(17)20/h3-6,12H,2,7-9H2,1H3,(H2,17,20)(H,18,21)(H,19,22)(H,23,24). The van der Waals surface area contributed by atoms with E-state index in [0.717, 1.165) is 5.56 Å². The second-order valence-electron chi connectivity index (χ2n) is 5.20. The van der Waals surface area contributed by atoms with E-state index in [1.165, 1.54) is 12.1 Å². The average Bonchev–Trinajstić information content (AvgIpc) is 2.56. The second-order valence-corrected chi connectivity index (χ2v) is 5.20. The van der Waals surface area contributed by atoms with Crippen LogP contribution in [0.15, 0.2) is 24.3 Å². The lowest BCUT2D eigenvalue weighted by atomic mass is 10.1. The van der Waals surface area contributed by atoms with Gasteiger partial charge in [-0.1, -0.05) is 19.1 Å². The molecule has 0 saturated heterocycles. The molecule has 1 rings (SSSR count). The Hall–Kier alpha value is -2.90. The van der Waals surface area contributed by atoms with Crippen molar-refractivity contribution in [2.24, 2.45) is 5.73 Å². The largest absolute Gasteiger partial charge is 0.480 e. The molecule has 130 valence electrons. The number of rotatable bonds is 9. The quantitative estimate of drug-likeness (QED) is 0.509. The predicted molar refractivity (Wildman–Crippen MR) is 85.9 cm³/mol. The molecule has 8 heteroatoms. The van der Waals surface area contributed by atoms with Crippen molar-refractivity contribution in [2.45, 2.75) is 38.8 Å². The van der Waals surface area contributed by atoms with Crippen molar-refractivity contribution >= 4 is 23.7 Å². The number of nitrogens with one attached hydrogen (secondary N) is 2. The van der Waals surface area contributed by atoms with Crippen molar-refractivity contribution in [1.82, 2.24) is 10.6 Å². The highest BCUT2D eigenvalue weighted by atomic mass is 16.4. The van der Waals surface area contributed by atoms with Crippen LogP contribution in [0.3, 0.4) is 0 Å². The molecule has 1 atom stereocenters. The average molecular weight is 335 g/mol. The summed E-state index contributed by atoms with van der Waals surface area (Å²) in [4.78, 5) is 45.1. The molecule has 1 aromatic carbocycles. The molecule has 24 heavy (non-hydrogen) atoms. The van der Waals surface area contributed by atoms with Gasteiger partial charge < -0.3 is 21.5 Å². The Labute approximate surface area is 139 Å². The van der Waals surface area contributed by atoms with Gasteiger partial charge in [-0.25, -0.2) is 4.79 Å². The van der Waals surface area contributed by atoms with Crippen LogP contribution in [0.1, 0.15) is 42.1 Å². The lowest BCUT2D eigenvalue weighted by Gasteiger charge is -2.14. The van der Waals surface area contributed by atoms with E-state index in [0.29, 0.717) is 13.0 Å². The number of aliphatic carboxylic acids is 1. The first kappa shape index (κ1) is 19.1. The number of hydrogen-bond donors (Lipinski definition) is 4. The minimum absolute atomic E-state index is 0.0719. The molecule has 1 aromatic rings. The molecule has 0 aromatic heterocycles. The Morgan fingerprint density at radius 1 is 1.17 bits per heavy atom. The molecule has 5 N–H and O–H groups in total. The fourth-order valence-electron chi connectivity index (χ4n) is 1.89. The first-order valence-electron chi connectivity index (χ1n) is 7.51. The fraction of sp³-hybridized carbons (Fsp3) is 0.375. The maximum atomic E-state index is 12.1. The maximum absolute atomic E-state index is 12.1. The highest BCUT2D eigenvalue weighted by Gasteiger charge is 2.21. The minimum atomic E-state index is -1.23. The van der Waals surface area contributed by atoms with E-state index in [2.05, 4.69) is 10.6 Å². The molecule has 0 aliphatic heterocycles. The molecule has 8 nitrogen and oxygen atoms in total. The molecule has 0 heterocycles. The Morgan fingerprint density at radius 3 is 2.29 bits per heavy atom. The molecule has 1 unspecified atom stereocenters. The van der Waals surface area contributed by atoms with Crippen molar-refractivity contribution in [3.05, 3.63) is 35.4 Å². The summed E-state index contributed by atoms with van der Waals surface area (Å²) in [5.74, 6) is -2.50. The molecule has 0 aliphatic rings. The Morgan fingerprint density at radius 2 is 1.79 bits per heavy atom. The monoisotopic (exact) mass is 335 g/mol.